The van der Waals surface area contributed by atoms with Crippen LogP contribution in [0.25, 0.3) is 0 Å². The van der Waals surface area contributed by atoms with Crippen molar-refractivity contribution in [3.63, 3.8) is 0 Å². The summed E-state index contributed by atoms with van der Waals surface area (Å²) >= 11 is 3.30. The molecule has 2 aromatic rings. The smallest absolute Gasteiger partial charge is 1.00 e. The Morgan fingerprint density at radius 2 is 0.964 bits per heavy atom. The molecule has 155 valence electrons. The monoisotopic (exact) mass is 587 g/mol. The molecule has 0 saturated carbocycles. The SMILES string of the molecule is C[Si](C)(CSc1ccccc1)[NH][Zr+3][NH][Si](C)(C)CSc1ccccc1.[Cl-].[Cl-].[Cl-]. The Labute approximate surface area is 212 Å². The number of hydrogen-bond acceptors (Lipinski definition) is 4. The van der Waals surface area contributed by atoms with Crippen molar-refractivity contribution in [2.75, 3.05) is 10.8 Å². The number of benzene rings is 2. The van der Waals surface area contributed by atoms with E-state index < -0.39 is 40.3 Å². The van der Waals surface area contributed by atoms with Gasteiger partial charge in [0.1, 0.15) is 0 Å². The van der Waals surface area contributed by atoms with Gasteiger partial charge in [0.05, 0.1) is 0 Å². The van der Waals surface area contributed by atoms with Crippen molar-refractivity contribution in [3.05, 3.63) is 60.7 Å². The Balaban J connectivity index is 0. The molecular formula is C18H28Cl3N2S2Si2Zr. The fourth-order valence-corrected chi connectivity index (χ4v) is 18.0. The first-order valence-electron chi connectivity index (χ1n) is 8.51. The third-order valence-electron chi connectivity index (χ3n) is 3.49. The van der Waals surface area contributed by atoms with Crippen molar-refractivity contribution in [3.8, 4) is 0 Å². The number of nitrogens with one attached hydrogen (secondary N) is 2. The second-order valence-corrected chi connectivity index (χ2v) is 23.5. The molecule has 0 fully saturated rings. The van der Waals surface area contributed by atoms with Gasteiger partial charge in [0.2, 0.25) is 0 Å². The van der Waals surface area contributed by atoms with Gasteiger partial charge >= 0.3 is 177 Å². The maximum atomic E-state index is 3.99. The van der Waals surface area contributed by atoms with E-state index in [1.807, 2.05) is 23.5 Å². The van der Waals surface area contributed by atoms with E-state index in [1.54, 1.807) is 0 Å². The first kappa shape index (κ1) is 31.4. The average molecular weight is 590 g/mol. The Morgan fingerprint density at radius 3 is 1.29 bits per heavy atom. The maximum Gasteiger partial charge on any atom is -1.00 e. The minimum Gasteiger partial charge on any atom is -1.00 e. The molecule has 0 heterocycles. The molecule has 2 aromatic carbocycles. The normalized spacial score (nSPS) is 10.7. The van der Waals surface area contributed by atoms with E-state index in [2.05, 4.69) is 92.7 Å². The van der Waals surface area contributed by atoms with Gasteiger partial charge in [-0.05, 0) is 0 Å². The topological polar surface area (TPSA) is 24.1 Å². The molecule has 0 aliphatic heterocycles. The Morgan fingerprint density at radius 1 is 0.643 bits per heavy atom. The van der Waals surface area contributed by atoms with Crippen LogP contribution in [0.1, 0.15) is 0 Å². The van der Waals surface area contributed by atoms with Crippen molar-refractivity contribution in [1.82, 2.24) is 5.85 Å². The van der Waals surface area contributed by atoms with Crippen molar-refractivity contribution in [2.45, 2.75) is 36.0 Å². The van der Waals surface area contributed by atoms with Gasteiger partial charge in [0.15, 0.2) is 0 Å². The molecule has 2 nitrogen and oxygen atoms in total. The zero-order valence-corrected chi connectivity index (χ0v) is 25.0. The summed E-state index contributed by atoms with van der Waals surface area (Å²) in [4.78, 5) is 2.77. The van der Waals surface area contributed by atoms with Gasteiger partial charge in [-0.3, -0.25) is 0 Å². The van der Waals surface area contributed by atoms with Crippen molar-refractivity contribution < 1.29 is 61.0 Å². The number of rotatable bonds is 10. The Kier molecular flexibility index (Phi) is 17.9. The van der Waals surface area contributed by atoms with E-state index in [4.69, 9.17) is 0 Å². The summed E-state index contributed by atoms with van der Waals surface area (Å²) in [5, 5.41) is 2.47. The number of hydrogen-bond donors (Lipinski definition) is 2. The molecule has 0 aromatic heterocycles. The summed E-state index contributed by atoms with van der Waals surface area (Å²) in [6.45, 7) is 9.83. The van der Waals surface area contributed by atoms with E-state index >= 15 is 0 Å². The van der Waals surface area contributed by atoms with Crippen LogP contribution in [0.5, 0.6) is 0 Å². The van der Waals surface area contributed by atoms with Gasteiger partial charge in [-0.1, -0.05) is 0 Å². The molecule has 0 spiro atoms. The first-order chi connectivity index (χ1) is 11.9. The van der Waals surface area contributed by atoms with Crippen LogP contribution in [0.3, 0.4) is 0 Å². The third-order valence-corrected chi connectivity index (χ3v) is 25.1. The van der Waals surface area contributed by atoms with Gasteiger partial charge in [0, 0.05) is 0 Å². The summed E-state index contributed by atoms with van der Waals surface area (Å²) in [6.07, 6.45) is 0. The summed E-state index contributed by atoms with van der Waals surface area (Å²) in [7, 11) is -2.66. The first-order valence-corrected chi connectivity index (χ1v) is 19.4. The second-order valence-electron chi connectivity index (χ2n) is 7.35. The van der Waals surface area contributed by atoms with Gasteiger partial charge in [-0.15, -0.1) is 0 Å². The van der Waals surface area contributed by atoms with E-state index in [9.17, 15) is 0 Å². The molecule has 10 heteroatoms. The summed E-state index contributed by atoms with van der Waals surface area (Å²) in [5.41, 5.74) is 0. The van der Waals surface area contributed by atoms with Crippen molar-refractivity contribution >= 4 is 40.0 Å². The summed E-state index contributed by atoms with van der Waals surface area (Å²) in [5.74, 6) is 0. The zero-order valence-electron chi connectivity index (χ0n) is 16.6. The predicted octanol–water partition coefficient (Wildman–Crippen LogP) is -3.84. The molecule has 0 bridgehead atoms. The molecule has 28 heavy (non-hydrogen) atoms. The molecule has 0 aliphatic carbocycles. The standard InChI is InChI=1S/2C9H14NSSi.3ClH.Zr/c2*1-12(2,10)8-11-9-6-4-3-5-7-9;;;;/h2*3-7,10H,8H2,1-2H3;3*1H;/q2*-1;;;;+5/p-3. The predicted molar refractivity (Wildman–Crippen MR) is 116 cm³/mol. The van der Waals surface area contributed by atoms with Crippen LogP contribution < -0.4 is 43.1 Å². The summed E-state index contributed by atoms with van der Waals surface area (Å²) in [6, 6.07) is 21.5. The quantitative estimate of drug-likeness (QED) is 0.219. The zero-order chi connectivity index (χ0) is 18.2. The average Bonchev–Trinajstić information content (AvgIpc) is 2.60. The minimum absolute atomic E-state index is 0. The van der Waals surface area contributed by atoms with Crippen LogP contribution in [-0.4, -0.2) is 27.2 Å². The largest absolute Gasteiger partial charge is 1.00 e. The number of halogens is 3. The molecule has 0 saturated heterocycles. The fourth-order valence-electron chi connectivity index (χ4n) is 2.00. The van der Waals surface area contributed by atoms with E-state index in [0.717, 1.165) is 0 Å². The van der Waals surface area contributed by atoms with Gasteiger partial charge in [-0.25, -0.2) is 0 Å². The van der Waals surface area contributed by atoms with E-state index in [1.165, 1.54) is 20.5 Å². The molecule has 2 rings (SSSR count). The van der Waals surface area contributed by atoms with Crippen molar-refractivity contribution in [1.29, 1.82) is 0 Å². The third kappa shape index (κ3) is 13.5. The van der Waals surface area contributed by atoms with Gasteiger partial charge in [-0.2, -0.15) is 0 Å². The second kappa shape index (κ2) is 16.0. The molecule has 0 aliphatic rings. The maximum absolute atomic E-state index is 3.99. The molecule has 2 N–H and O–H groups in total. The summed E-state index contributed by atoms with van der Waals surface area (Å²) < 4.78 is 7.97. The molecule has 0 radical (unpaired) electrons. The molecule has 0 amide bonds. The van der Waals surface area contributed by atoms with Crippen LogP contribution in [0.4, 0.5) is 0 Å². The molecular weight excluding hydrogens is 562 g/mol. The van der Waals surface area contributed by atoms with Crippen LogP contribution >= 0.6 is 23.5 Å². The van der Waals surface area contributed by atoms with Crippen LogP contribution in [0.2, 0.25) is 26.2 Å². The van der Waals surface area contributed by atoms with Crippen LogP contribution in [0, 0.1) is 0 Å². The molecule has 0 unspecified atom stereocenters. The minimum atomic E-state index is -1.33. The van der Waals surface area contributed by atoms with Gasteiger partial charge < -0.3 is 37.2 Å². The van der Waals surface area contributed by atoms with Crippen LogP contribution in [-0.2, 0) is 23.8 Å². The van der Waals surface area contributed by atoms with Crippen LogP contribution in [0.15, 0.2) is 70.5 Å². The Hall–Kier alpha value is 1.25. The number of thioether (sulfide) groups is 2. The van der Waals surface area contributed by atoms with Gasteiger partial charge in [0.25, 0.3) is 0 Å². The van der Waals surface area contributed by atoms with E-state index in [-0.39, 0.29) is 37.2 Å². The fraction of sp³-hybridized carbons (Fsp3) is 0.333. The van der Waals surface area contributed by atoms with E-state index in [0.29, 0.717) is 0 Å². The van der Waals surface area contributed by atoms with Crippen molar-refractivity contribution in [2.24, 2.45) is 0 Å². The Bertz CT molecular complexity index is 586. The molecule has 0 atom stereocenters.